The lowest BCUT2D eigenvalue weighted by atomic mass is 9.96. The summed E-state index contributed by atoms with van der Waals surface area (Å²) in [6.45, 7) is 9.99. The van der Waals surface area contributed by atoms with E-state index >= 15 is 0 Å². The summed E-state index contributed by atoms with van der Waals surface area (Å²) >= 11 is 0. The number of aromatic nitrogens is 2. The molecule has 1 aromatic heterocycles. The number of hydrogen-bond donors (Lipinski definition) is 1. The Kier molecular flexibility index (Phi) is 6.14. The molecule has 1 saturated heterocycles. The average molecular weight is 370 g/mol. The van der Waals surface area contributed by atoms with E-state index in [1.165, 1.54) is 5.56 Å². The summed E-state index contributed by atoms with van der Waals surface area (Å²) in [4.78, 5) is 18.9. The largest absolute Gasteiger partial charge is 0.353 e. The molecule has 2 heterocycles. The zero-order chi connectivity index (χ0) is 19.4. The van der Waals surface area contributed by atoms with Crippen molar-refractivity contribution in [3.8, 4) is 11.4 Å². The van der Waals surface area contributed by atoms with Crippen LogP contribution in [0.1, 0.15) is 58.4 Å². The van der Waals surface area contributed by atoms with Crippen LogP contribution in [0.15, 0.2) is 28.8 Å². The van der Waals surface area contributed by atoms with Crippen LogP contribution >= 0.6 is 0 Å². The van der Waals surface area contributed by atoms with Gasteiger partial charge in [0.1, 0.15) is 0 Å². The van der Waals surface area contributed by atoms with Crippen molar-refractivity contribution in [2.75, 3.05) is 18.0 Å². The average Bonchev–Trinajstić information content (AvgIpc) is 3.18. The molecule has 1 aromatic carbocycles. The second-order valence-corrected chi connectivity index (χ2v) is 7.76. The van der Waals surface area contributed by atoms with Crippen molar-refractivity contribution in [3.05, 3.63) is 29.8 Å². The molecule has 0 radical (unpaired) electrons. The molecule has 1 aliphatic heterocycles. The van der Waals surface area contributed by atoms with Gasteiger partial charge in [-0.2, -0.15) is 4.98 Å². The quantitative estimate of drug-likeness (QED) is 0.832. The summed E-state index contributed by atoms with van der Waals surface area (Å²) in [7, 11) is 0. The molecular weight excluding hydrogens is 340 g/mol. The minimum atomic E-state index is 0.0706. The maximum atomic E-state index is 12.3. The molecule has 27 heavy (non-hydrogen) atoms. The molecule has 3 rings (SSSR count). The van der Waals surface area contributed by atoms with Gasteiger partial charge in [0.2, 0.25) is 11.7 Å². The molecule has 0 aliphatic carbocycles. The minimum absolute atomic E-state index is 0.0706. The maximum absolute atomic E-state index is 12.3. The molecular formula is C21H30N4O2. The first-order valence-corrected chi connectivity index (χ1v) is 9.97. The normalized spacial score (nSPS) is 16.6. The minimum Gasteiger partial charge on any atom is -0.353 e. The highest BCUT2D eigenvalue weighted by Crippen LogP contribution is 2.26. The summed E-state index contributed by atoms with van der Waals surface area (Å²) in [5.41, 5.74) is 2.25. The van der Waals surface area contributed by atoms with E-state index in [0.29, 0.717) is 17.8 Å². The molecule has 1 amide bonds. The standard InChI is InChI=1S/C21H30N4O2/c1-5-15(4)22-20(26)18-10-12-25(13-11-18)21-23-19(24-27-21)17-8-6-16(7-9-17)14(2)3/h6-9,14-15,18H,5,10-13H2,1-4H3,(H,22,26). The van der Waals surface area contributed by atoms with Crippen molar-refractivity contribution in [3.63, 3.8) is 0 Å². The summed E-state index contributed by atoms with van der Waals surface area (Å²) < 4.78 is 5.48. The summed E-state index contributed by atoms with van der Waals surface area (Å²) in [5, 5.41) is 7.22. The molecule has 0 saturated carbocycles. The number of hydrogen-bond acceptors (Lipinski definition) is 5. The predicted molar refractivity (Wildman–Crippen MR) is 107 cm³/mol. The van der Waals surface area contributed by atoms with Crippen LogP contribution < -0.4 is 10.2 Å². The van der Waals surface area contributed by atoms with Crippen molar-refractivity contribution in [2.45, 2.75) is 58.9 Å². The van der Waals surface area contributed by atoms with Crippen molar-refractivity contribution in [2.24, 2.45) is 5.92 Å². The van der Waals surface area contributed by atoms with Gasteiger partial charge in [0.15, 0.2) is 0 Å². The third-order valence-corrected chi connectivity index (χ3v) is 5.39. The molecule has 1 N–H and O–H groups in total. The van der Waals surface area contributed by atoms with Crippen molar-refractivity contribution >= 4 is 11.9 Å². The molecule has 1 fully saturated rings. The van der Waals surface area contributed by atoms with Gasteiger partial charge in [-0.3, -0.25) is 4.79 Å². The Hall–Kier alpha value is -2.37. The fourth-order valence-electron chi connectivity index (χ4n) is 3.27. The molecule has 1 aliphatic rings. The van der Waals surface area contributed by atoms with Crippen molar-refractivity contribution < 1.29 is 9.32 Å². The molecule has 0 spiro atoms. The fraction of sp³-hybridized carbons (Fsp3) is 0.571. The lowest BCUT2D eigenvalue weighted by Crippen LogP contribution is -2.43. The molecule has 146 valence electrons. The van der Waals surface area contributed by atoms with Gasteiger partial charge in [-0.25, -0.2) is 0 Å². The molecule has 2 aromatic rings. The topological polar surface area (TPSA) is 71.3 Å². The van der Waals surface area contributed by atoms with Crippen LogP contribution in [0.3, 0.4) is 0 Å². The van der Waals surface area contributed by atoms with Crippen LogP contribution in [0.25, 0.3) is 11.4 Å². The molecule has 1 unspecified atom stereocenters. The van der Waals surface area contributed by atoms with Crippen LogP contribution in [-0.2, 0) is 4.79 Å². The van der Waals surface area contributed by atoms with Crippen LogP contribution in [0.4, 0.5) is 6.01 Å². The third kappa shape index (κ3) is 4.67. The zero-order valence-electron chi connectivity index (χ0n) is 16.7. The number of nitrogens with zero attached hydrogens (tertiary/aromatic N) is 3. The Morgan fingerprint density at radius 2 is 1.89 bits per heavy atom. The lowest BCUT2D eigenvalue weighted by molar-refractivity contribution is -0.126. The van der Waals surface area contributed by atoms with Crippen LogP contribution in [0, 0.1) is 5.92 Å². The Labute approximate surface area is 161 Å². The van der Waals surface area contributed by atoms with Gasteiger partial charge in [0.25, 0.3) is 0 Å². The number of piperidine rings is 1. The van der Waals surface area contributed by atoms with Gasteiger partial charge in [-0.15, -0.1) is 0 Å². The van der Waals surface area contributed by atoms with E-state index in [9.17, 15) is 4.79 Å². The van der Waals surface area contributed by atoms with Crippen molar-refractivity contribution in [1.29, 1.82) is 0 Å². The fourth-order valence-corrected chi connectivity index (χ4v) is 3.27. The highest BCUT2D eigenvalue weighted by atomic mass is 16.5. The monoisotopic (exact) mass is 370 g/mol. The number of nitrogens with one attached hydrogen (secondary N) is 1. The Bertz CT molecular complexity index is 746. The van der Waals surface area contributed by atoms with Gasteiger partial charge in [-0.05, 0) is 37.7 Å². The van der Waals surface area contributed by atoms with E-state index in [-0.39, 0.29) is 17.9 Å². The molecule has 1 atom stereocenters. The Morgan fingerprint density at radius 3 is 2.48 bits per heavy atom. The van der Waals surface area contributed by atoms with Gasteiger partial charge >= 0.3 is 6.01 Å². The first-order chi connectivity index (χ1) is 13.0. The molecule has 0 bridgehead atoms. The van der Waals surface area contributed by atoms with E-state index < -0.39 is 0 Å². The first-order valence-electron chi connectivity index (χ1n) is 9.97. The van der Waals surface area contributed by atoms with E-state index in [2.05, 4.69) is 53.3 Å². The van der Waals surface area contributed by atoms with Gasteiger partial charge < -0.3 is 14.7 Å². The third-order valence-electron chi connectivity index (χ3n) is 5.39. The SMILES string of the molecule is CCC(C)NC(=O)C1CCN(c2nc(-c3ccc(C(C)C)cc3)no2)CC1. The number of carbonyl (C=O) groups excluding carboxylic acids is 1. The zero-order valence-corrected chi connectivity index (χ0v) is 16.7. The summed E-state index contributed by atoms with van der Waals surface area (Å²) in [6.07, 6.45) is 2.57. The van der Waals surface area contributed by atoms with E-state index in [1.807, 2.05) is 19.1 Å². The highest BCUT2D eigenvalue weighted by Gasteiger charge is 2.28. The summed E-state index contributed by atoms with van der Waals surface area (Å²) in [6, 6.07) is 9.06. The van der Waals surface area contributed by atoms with E-state index in [1.54, 1.807) is 0 Å². The smallest absolute Gasteiger partial charge is 0.324 e. The number of anilines is 1. The maximum Gasteiger partial charge on any atom is 0.324 e. The number of carbonyl (C=O) groups is 1. The summed E-state index contributed by atoms with van der Waals surface area (Å²) in [5.74, 6) is 1.34. The number of rotatable bonds is 6. The lowest BCUT2D eigenvalue weighted by Gasteiger charge is -2.30. The van der Waals surface area contributed by atoms with E-state index in [4.69, 9.17) is 4.52 Å². The Morgan fingerprint density at radius 1 is 1.22 bits per heavy atom. The van der Waals surface area contributed by atoms with Crippen LogP contribution in [-0.4, -0.2) is 35.2 Å². The van der Waals surface area contributed by atoms with Crippen LogP contribution in [0.2, 0.25) is 0 Å². The second-order valence-electron chi connectivity index (χ2n) is 7.76. The number of amides is 1. The van der Waals surface area contributed by atoms with E-state index in [0.717, 1.165) is 37.9 Å². The molecule has 6 heteroatoms. The number of benzene rings is 1. The first kappa shape index (κ1) is 19.4. The predicted octanol–water partition coefficient (Wildman–Crippen LogP) is 3.99. The molecule has 6 nitrogen and oxygen atoms in total. The van der Waals surface area contributed by atoms with Gasteiger partial charge in [0.05, 0.1) is 0 Å². The van der Waals surface area contributed by atoms with Crippen LogP contribution in [0.5, 0.6) is 0 Å². The highest BCUT2D eigenvalue weighted by molar-refractivity contribution is 5.79. The second kappa shape index (κ2) is 8.55. The van der Waals surface area contributed by atoms with Gasteiger partial charge in [0, 0.05) is 30.6 Å². The van der Waals surface area contributed by atoms with Crippen molar-refractivity contribution in [1.82, 2.24) is 15.5 Å². The van der Waals surface area contributed by atoms with Gasteiger partial charge in [-0.1, -0.05) is 50.2 Å². The Balaban J connectivity index is 1.59.